The second kappa shape index (κ2) is 7.41. The summed E-state index contributed by atoms with van der Waals surface area (Å²) in [5, 5.41) is 9.43. The van der Waals surface area contributed by atoms with Crippen LogP contribution in [0.4, 0.5) is 24.7 Å². The summed E-state index contributed by atoms with van der Waals surface area (Å²) in [7, 11) is 1.39. The van der Waals surface area contributed by atoms with Crippen LogP contribution in [0.2, 0.25) is 0 Å². The van der Waals surface area contributed by atoms with Crippen molar-refractivity contribution in [1.29, 1.82) is 0 Å². The van der Waals surface area contributed by atoms with Gasteiger partial charge in [-0.3, -0.25) is 14.7 Å². The number of carbonyl (C=O) groups is 2. The lowest BCUT2D eigenvalue weighted by molar-refractivity contribution is -0.143. The molecule has 0 saturated heterocycles. The van der Waals surface area contributed by atoms with Crippen molar-refractivity contribution in [1.82, 2.24) is 20.1 Å². The van der Waals surface area contributed by atoms with Gasteiger partial charge in [-0.05, 0) is 24.6 Å². The molecule has 4 N–H and O–H groups in total. The summed E-state index contributed by atoms with van der Waals surface area (Å²) in [4.78, 5) is 29.9. The Labute approximate surface area is 162 Å². The molecule has 0 radical (unpaired) electrons. The molecule has 0 fully saturated rings. The van der Waals surface area contributed by atoms with Gasteiger partial charge < -0.3 is 16.0 Å². The highest BCUT2D eigenvalue weighted by Gasteiger charge is 2.31. The molecule has 0 spiro atoms. The number of H-pyrrole nitrogens is 1. The Morgan fingerprint density at radius 3 is 2.48 bits per heavy atom. The molecular formula is C18H17F3N6O2. The van der Waals surface area contributed by atoms with Crippen LogP contribution < -0.4 is 11.1 Å². The Morgan fingerprint density at radius 1 is 1.21 bits per heavy atom. The minimum absolute atomic E-state index is 0.214. The molecule has 11 heteroatoms. The van der Waals surface area contributed by atoms with E-state index in [4.69, 9.17) is 5.73 Å². The third kappa shape index (κ3) is 3.98. The molecule has 0 aliphatic heterocycles. The first-order valence-corrected chi connectivity index (χ1v) is 8.42. The third-order valence-electron chi connectivity index (χ3n) is 4.58. The number of fused-ring (bicyclic) bond motifs is 1. The van der Waals surface area contributed by atoms with Crippen LogP contribution in [0, 0.1) is 0 Å². The van der Waals surface area contributed by atoms with Gasteiger partial charge in [0.25, 0.3) is 0 Å². The number of nitrogens with one attached hydrogen (secondary N) is 2. The van der Waals surface area contributed by atoms with Gasteiger partial charge in [0.15, 0.2) is 0 Å². The number of likely N-dealkylation sites (N-methyl/N-ethyl adjacent to an activating group) is 1. The van der Waals surface area contributed by atoms with E-state index in [9.17, 15) is 22.8 Å². The van der Waals surface area contributed by atoms with E-state index in [1.54, 1.807) is 6.92 Å². The van der Waals surface area contributed by atoms with Crippen LogP contribution in [0.15, 0.2) is 36.7 Å². The van der Waals surface area contributed by atoms with E-state index < -0.39 is 29.6 Å². The second-order valence-electron chi connectivity index (χ2n) is 6.38. The number of pyridine rings is 1. The summed E-state index contributed by atoms with van der Waals surface area (Å²) in [5.74, 6) is -1.60. The number of amides is 2. The van der Waals surface area contributed by atoms with E-state index in [0.29, 0.717) is 16.5 Å². The highest BCUT2D eigenvalue weighted by atomic mass is 19.4. The molecule has 2 amide bonds. The highest BCUT2D eigenvalue weighted by Crippen LogP contribution is 2.30. The van der Waals surface area contributed by atoms with Gasteiger partial charge in [-0.1, -0.05) is 12.1 Å². The summed E-state index contributed by atoms with van der Waals surface area (Å²) in [6.07, 6.45) is -1.72. The zero-order valence-corrected chi connectivity index (χ0v) is 15.4. The number of hydrogen-bond donors (Lipinski definition) is 3. The minimum Gasteiger partial charge on any atom is -0.383 e. The lowest BCUT2D eigenvalue weighted by Gasteiger charge is -2.25. The molecule has 1 atom stereocenters. The molecule has 0 saturated carbocycles. The molecule has 2 heterocycles. The van der Waals surface area contributed by atoms with Crippen molar-refractivity contribution in [2.24, 2.45) is 0 Å². The van der Waals surface area contributed by atoms with Gasteiger partial charge in [0.05, 0.1) is 40.6 Å². The Morgan fingerprint density at radius 2 is 1.86 bits per heavy atom. The van der Waals surface area contributed by atoms with Crippen LogP contribution in [0.1, 0.15) is 24.1 Å². The standard InChI is InChI=1S/C18H17F3N6O2/c1-9(10-3-5-11(6-4-10)18(19,20)21)27(2)17(29)16(28)25-13-8-23-15(22)12-7-24-26-14(12)13/h3-9H,1-2H3,(H2,22,23)(H,24,26)(H,25,28)/t9-/m0/s1. The first kappa shape index (κ1) is 20.1. The van der Waals surface area contributed by atoms with Crippen molar-refractivity contribution in [3.63, 3.8) is 0 Å². The number of aromatic amines is 1. The van der Waals surface area contributed by atoms with E-state index in [0.717, 1.165) is 17.0 Å². The van der Waals surface area contributed by atoms with Gasteiger partial charge >= 0.3 is 18.0 Å². The SMILES string of the molecule is C[C@@H](c1ccc(C(F)(F)F)cc1)N(C)C(=O)C(=O)Nc1cnc(N)c2cn[nH]c12. The summed E-state index contributed by atoms with van der Waals surface area (Å²) in [5.41, 5.74) is 6.02. The Kier molecular flexibility index (Phi) is 5.14. The number of carbonyl (C=O) groups excluding carboxylic acids is 2. The largest absolute Gasteiger partial charge is 0.416 e. The van der Waals surface area contributed by atoms with Crippen molar-refractivity contribution >= 4 is 34.2 Å². The van der Waals surface area contributed by atoms with Crippen molar-refractivity contribution in [3.8, 4) is 0 Å². The number of rotatable bonds is 3. The molecule has 8 nitrogen and oxygen atoms in total. The lowest BCUT2D eigenvalue weighted by atomic mass is 10.0. The normalized spacial score (nSPS) is 12.6. The third-order valence-corrected chi connectivity index (χ3v) is 4.58. The predicted octanol–water partition coefficient (Wildman–Crippen LogP) is 2.72. The topological polar surface area (TPSA) is 117 Å². The monoisotopic (exact) mass is 406 g/mol. The van der Waals surface area contributed by atoms with Crippen LogP contribution in [-0.4, -0.2) is 38.9 Å². The summed E-state index contributed by atoms with van der Waals surface area (Å²) >= 11 is 0. The molecule has 29 heavy (non-hydrogen) atoms. The lowest BCUT2D eigenvalue weighted by Crippen LogP contribution is -2.38. The van der Waals surface area contributed by atoms with Crippen LogP contribution in [0.3, 0.4) is 0 Å². The zero-order chi connectivity index (χ0) is 21.3. The van der Waals surface area contributed by atoms with E-state index in [1.807, 2.05) is 0 Å². The van der Waals surface area contributed by atoms with Gasteiger partial charge in [0.1, 0.15) is 5.82 Å². The molecule has 3 aromatic rings. The molecule has 1 aromatic carbocycles. The van der Waals surface area contributed by atoms with Crippen LogP contribution in [0.25, 0.3) is 10.9 Å². The number of aromatic nitrogens is 3. The Bertz CT molecular complexity index is 1060. The van der Waals surface area contributed by atoms with Crippen molar-refractivity contribution in [2.45, 2.75) is 19.1 Å². The van der Waals surface area contributed by atoms with E-state index in [1.165, 1.54) is 31.6 Å². The quantitative estimate of drug-likeness (QED) is 0.578. The number of anilines is 2. The van der Waals surface area contributed by atoms with Gasteiger partial charge in [-0.2, -0.15) is 18.3 Å². The highest BCUT2D eigenvalue weighted by molar-refractivity contribution is 6.40. The molecule has 0 bridgehead atoms. The Hall–Kier alpha value is -3.63. The number of halogens is 3. The van der Waals surface area contributed by atoms with E-state index in [-0.39, 0.29) is 11.5 Å². The first-order chi connectivity index (χ1) is 13.6. The summed E-state index contributed by atoms with van der Waals surface area (Å²) in [6.45, 7) is 1.60. The summed E-state index contributed by atoms with van der Waals surface area (Å²) < 4.78 is 38.1. The molecular weight excluding hydrogens is 389 g/mol. The minimum atomic E-state index is -4.45. The fourth-order valence-electron chi connectivity index (χ4n) is 2.73. The van der Waals surface area contributed by atoms with Crippen LogP contribution >= 0.6 is 0 Å². The van der Waals surface area contributed by atoms with Crippen LogP contribution in [0.5, 0.6) is 0 Å². The van der Waals surface area contributed by atoms with E-state index >= 15 is 0 Å². The maximum absolute atomic E-state index is 12.7. The van der Waals surface area contributed by atoms with E-state index in [2.05, 4.69) is 20.5 Å². The average molecular weight is 406 g/mol. The van der Waals surface area contributed by atoms with Gasteiger partial charge in [0, 0.05) is 7.05 Å². The Balaban J connectivity index is 1.74. The van der Waals surface area contributed by atoms with Gasteiger partial charge in [-0.15, -0.1) is 0 Å². The van der Waals surface area contributed by atoms with Gasteiger partial charge in [0.2, 0.25) is 0 Å². The molecule has 0 aliphatic rings. The molecule has 152 valence electrons. The zero-order valence-electron chi connectivity index (χ0n) is 15.4. The van der Waals surface area contributed by atoms with Crippen molar-refractivity contribution in [3.05, 3.63) is 47.8 Å². The van der Waals surface area contributed by atoms with Crippen molar-refractivity contribution in [2.75, 3.05) is 18.1 Å². The fraction of sp³-hybridized carbons (Fsp3) is 0.222. The first-order valence-electron chi connectivity index (χ1n) is 8.42. The number of nitrogen functional groups attached to an aromatic ring is 1. The van der Waals surface area contributed by atoms with Gasteiger partial charge in [-0.25, -0.2) is 4.98 Å². The molecule has 0 unspecified atom stereocenters. The maximum atomic E-state index is 12.7. The number of nitrogens with two attached hydrogens (primary N) is 1. The van der Waals surface area contributed by atoms with Crippen LogP contribution in [-0.2, 0) is 15.8 Å². The number of nitrogens with zero attached hydrogens (tertiary/aromatic N) is 3. The predicted molar refractivity (Wildman–Crippen MR) is 99.6 cm³/mol. The fourth-order valence-corrected chi connectivity index (χ4v) is 2.73. The number of hydrogen-bond acceptors (Lipinski definition) is 5. The number of benzene rings is 1. The molecule has 3 rings (SSSR count). The summed E-state index contributed by atoms with van der Waals surface area (Å²) in [6, 6.07) is 3.77. The maximum Gasteiger partial charge on any atom is 0.416 e. The molecule has 0 aliphatic carbocycles. The smallest absolute Gasteiger partial charge is 0.383 e. The van der Waals surface area contributed by atoms with Crippen molar-refractivity contribution < 1.29 is 22.8 Å². The number of alkyl halides is 3. The average Bonchev–Trinajstić information content (AvgIpc) is 3.19. The second-order valence-corrected chi connectivity index (χ2v) is 6.38. The molecule has 2 aromatic heterocycles.